The van der Waals surface area contributed by atoms with E-state index in [2.05, 4.69) is 33.0 Å². The molecule has 0 aliphatic carbocycles. The molecule has 4 nitrogen and oxygen atoms in total. The summed E-state index contributed by atoms with van der Waals surface area (Å²) in [4.78, 5) is 15.6. The van der Waals surface area contributed by atoms with Crippen molar-refractivity contribution < 1.29 is 4.79 Å². The Labute approximate surface area is 129 Å². The van der Waals surface area contributed by atoms with Gasteiger partial charge in [-0.1, -0.05) is 28.1 Å². The molecule has 0 fully saturated rings. The molecule has 0 saturated heterocycles. The molecule has 1 rings (SSSR count). The van der Waals surface area contributed by atoms with Crippen LogP contribution in [-0.4, -0.2) is 42.9 Å². The van der Waals surface area contributed by atoms with Crippen molar-refractivity contribution in [1.29, 1.82) is 5.26 Å². The van der Waals surface area contributed by atoms with Crippen LogP contribution in [0.2, 0.25) is 0 Å². The van der Waals surface area contributed by atoms with Gasteiger partial charge < -0.3 is 9.80 Å². The van der Waals surface area contributed by atoms with Gasteiger partial charge in [-0.25, -0.2) is 0 Å². The van der Waals surface area contributed by atoms with Gasteiger partial charge in [-0.2, -0.15) is 5.26 Å². The molecule has 0 bridgehead atoms. The van der Waals surface area contributed by atoms with Crippen LogP contribution in [0.15, 0.2) is 28.7 Å². The molecule has 0 saturated carbocycles. The molecule has 0 spiro atoms. The van der Waals surface area contributed by atoms with Gasteiger partial charge in [0.15, 0.2) is 0 Å². The summed E-state index contributed by atoms with van der Waals surface area (Å²) >= 11 is 3.45. The van der Waals surface area contributed by atoms with Gasteiger partial charge in [0.1, 0.15) is 0 Å². The van der Waals surface area contributed by atoms with E-state index in [-0.39, 0.29) is 5.91 Å². The molecule has 0 heterocycles. The lowest BCUT2D eigenvalue weighted by atomic mass is 10.2. The second kappa shape index (κ2) is 8.72. The van der Waals surface area contributed by atoms with Crippen molar-refractivity contribution in [3.63, 3.8) is 0 Å². The molecule has 1 amide bonds. The van der Waals surface area contributed by atoms with E-state index in [1.54, 1.807) is 11.9 Å². The Morgan fingerprint density at radius 3 is 2.75 bits per heavy atom. The fourth-order valence-electron chi connectivity index (χ4n) is 1.85. The van der Waals surface area contributed by atoms with Gasteiger partial charge in [0, 0.05) is 37.6 Å². The first kappa shape index (κ1) is 16.7. The van der Waals surface area contributed by atoms with Gasteiger partial charge in [0.05, 0.1) is 12.5 Å². The lowest BCUT2D eigenvalue weighted by molar-refractivity contribution is -0.130. The van der Waals surface area contributed by atoms with Crippen molar-refractivity contribution in [2.24, 2.45) is 0 Å². The van der Waals surface area contributed by atoms with Crippen LogP contribution in [0.1, 0.15) is 18.4 Å². The van der Waals surface area contributed by atoms with Gasteiger partial charge in [-0.3, -0.25) is 4.79 Å². The maximum absolute atomic E-state index is 11.8. The highest BCUT2D eigenvalue weighted by atomic mass is 79.9. The third-order valence-electron chi connectivity index (χ3n) is 3.03. The fourth-order valence-corrected chi connectivity index (χ4v) is 2.29. The fraction of sp³-hybridized carbons (Fsp3) is 0.467. The summed E-state index contributed by atoms with van der Waals surface area (Å²) < 4.78 is 1.07. The zero-order valence-electron chi connectivity index (χ0n) is 12.0. The third kappa shape index (κ3) is 6.18. The molecule has 1 aromatic carbocycles. The standard InChI is InChI=1S/C15H20BrN3O/c1-18(12-13-5-3-6-14(16)11-13)10-7-15(20)19(2)9-4-8-17/h3,5-6,11H,4,7,9-10,12H2,1-2H3. The summed E-state index contributed by atoms with van der Waals surface area (Å²) in [7, 11) is 3.75. The van der Waals surface area contributed by atoms with Crippen LogP contribution in [0, 0.1) is 11.3 Å². The first-order chi connectivity index (χ1) is 9.52. The molecule has 0 aliphatic heterocycles. The molecular formula is C15H20BrN3O. The lowest BCUT2D eigenvalue weighted by Gasteiger charge is -2.19. The highest BCUT2D eigenvalue weighted by molar-refractivity contribution is 9.10. The SMILES string of the molecule is CN(CCC(=O)N(C)CCC#N)Cc1cccc(Br)c1. The summed E-state index contributed by atoms with van der Waals surface area (Å²) in [6.45, 7) is 2.03. The Balaban J connectivity index is 2.34. The number of nitrogens with zero attached hydrogens (tertiary/aromatic N) is 3. The number of rotatable bonds is 7. The number of amides is 1. The van der Waals surface area contributed by atoms with Crippen LogP contribution in [0.25, 0.3) is 0 Å². The number of halogens is 1. The van der Waals surface area contributed by atoms with Gasteiger partial charge >= 0.3 is 0 Å². The third-order valence-corrected chi connectivity index (χ3v) is 3.53. The number of nitriles is 1. The lowest BCUT2D eigenvalue weighted by Crippen LogP contribution is -2.31. The van der Waals surface area contributed by atoms with Crippen molar-refractivity contribution in [3.05, 3.63) is 34.3 Å². The van der Waals surface area contributed by atoms with Gasteiger partial charge in [-0.05, 0) is 24.7 Å². The number of benzene rings is 1. The van der Waals surface area contributed by atoms with Gasteiger partial charge in [0.2, 0.25) is 5.91 Å². The van der Waals surface area contributed by atoms with Crippen LogP contribution >= 0.6 is 15.9 Å². The molecule has 0 aliphatic rings. The largest absolute Gasteiger partial charge is 0.345 e. The Bertz CT molecular complexity index is 484. The van der Waals surface area contributed by atoms with E-state index < -0.39 is 0 Å². The highest BCUT2D eigenvalue weighted by Crippen LogP contribution is 2.13. The normalized spacial score (nSPS) is 10.3. The molecule has 0 N–H and O–H groups in total. The smallest absolute Gasteiger partial charge is 0.223 e. The van der Waals surface area contributed by atoms with Gasteiger partial charge in [0.25, 0.3) is 0 Å². The van der Waals surface area contributed by atoms with Gasteiger partial charge in [-0.15, -0.1) is 0 Å². The first-order valence-corrected chi connectivity index (χ1v) is 7.36. The van der Waals surface area contributed by atoms with Crippen LogP contribution in [0.3, 0.4) is 0 Å². The molecular weight excluding hydrogens is 318 g/mol. The average molecular weight is 338 g/mol. The summed E-state index contributed by atoms with van der Waals surface area (Å²) in [6, 6.07) is 10.2. The van der Waals surface area contributed by atoms with E-state index in [4.69, 9.17) is 5.26 Å². The number of hydrogen-bond donors (Lipinski definition) is 0. The zero-order valence-corrected chi connectivity index (χ0v) is 13.6. The summed E-state index contributed by atoms with van der Waals surface area (Å²) in [5.41, 5.74) is 1.21. The Morgan fingerprint density at radius 2 is 2.10 bits per heavy atom. The molecule has 0 radical (unpaired) electrons. The first-order valence-electron chi connectivity index (χ1n) is 6.57. The summed E-state index contributed by atoms with van der Waals surface area (Å²) in [6.07, 6.45) is 0.864. The Hall–Kier alpha value is -1.38. The predicted molar refractivity (Wildman–Crippen MR) is 83.0 cm³/mol. The van der Waals surface area contributed by atoms with Crippen LogP contribution < -0.4 is 0 Å². The number of hydrogen-bond acceptors (Lipinski definition) is 3. The molecule has 0 aromatic heterocycles. The number of carbonyl (C=O) groups is 1. The molecule has 108 valence electrons. The maximum Gasteiger partial charge on any atom is 0.223 e. The minimum atomic E-state index is 0.0846. The second-order valence-electron chi connectivity index (χ2n) is 4.84. The van der Waals surface area contributed by atoms with Crippen molar-refractivity contribution in [3.8, 4) is 6.07 Å². The maximum atomic E-state index is 11.8. The van der Waals surface area contributed by atoms with Crippen molar-refractivity contribution in [2.75, 3.05) is 27.2 Å². The monoisotopic (exact) mass is 337 g/mol. The highest BCUT2D eigenvalue weighted by Gasteiger charge is 2.09. The molecule has 5 heteroatoms. The quantitative estimate of drug-likeness (QED) is 0.768. The van der Waals surface area contributed by atoms with Crippen molar-refractivity contribution in [2.45, 2.75) is 19.4 Å². The molecule has 20 heavy (non-hydrogen) atoms. The van der Waals surface area contributed by atoms with E-state index >= 15 is 0 Å². The summed E-state index contributed by atoms with van der Waals surface area (Å²) in [5.74, 6) is 0.0846. The predicted octanol–water partition coefficient (Wildman–Crippen LogP) is 2.64. The molecule has 1 aromatic rings. The van der Waals surface area contributed by atoms with E-state index in [1.807, 2.05) is 25.2 Å². The summed E-state index contributed by atoms with van der Waals surface area (Å²) in [5, 5.41) is 8.50. The minimum absolute atomic E-state index is 0.0846. The van der Waals surface area contributed by atoms with Crippen LogP contribution in [0.4, 0.5) is 0 Å². The topological polar surface area (TPSA) is 47.3 Å². The minimum Gasteiger partial charge on any atom is -0.345 e. The van der Waals surface area contributed by atoms with Crippen LogP contribution in [-0.2, 0) is 11.3 Å². The molecule has 0 atom stereocenters. The van der Waals surface area contributed by atoms with E-state index in [0.717, 1.165) is 11.0 Å². The zero-order chi connectivity index (χ0) is 15.0. The Kier molecular flexibility index (Phi) is 7.27. The van der Waals surface area contributed by atoms with Crippen molar-refractivity contribution >= 4 is 21.8 Å². The Morgan fingerprint density at radius 1 is 1.35 bits per heavy atom. The van der Waals surface area contributed by atoms with Crippen LogP contribution in [0.5, 0.6) is 0 Å². The van der Waals surface area contributed by atoms with E-state index in [1.165, 1.54) is 5.56 Å². The van der Waals surface area contributed by atoms with E-state index in [9.17, 15) is 4.79 Å². The molecule has 0 unspecified atom stereocenters. The number of carbonyl (C=O) groups excluding carboxylic acids is 1. The average Bonchev–Trinajstić information content (AvgIpc) is 2.42. The van der Waals surface area contributed by atoms with E-state index in [0.29, 0.717) is 25.9 Å². The van der Waals surface area contributed by atoms with Crippen molar-refractivity contribution in [1.82, 2.24) is 9.80 Å². The second-order valence-corrected chi connectivity index (χ2v) is 5.76.